The van der Waals surface area contributed by atoms with Crippen molar-refractivity contribution >= 4 is 21.9 Å². The Bertz CT molecular complexity index is 1640. The highest BCUT2D eigenvalue weighted by Crippen LogP contribution is 2.47. The molecule has 6 rings (SSSR count). The summed E-state index contributed by atoms with van der Waals surface area (Å²) in [5.74, 6) is -0.579. The number of hydrogen-bond donors (Lipinski definition) is 0. The van der Waals surface area contributed by atoms with E-state index in [9.17, 15) is 17.6 Å². The predicted octanol–water partition coefficient (Wildman–Crippen LogP) is 3.04. The molecule has 37 heavy (non-hydrogen) atoms. The predicted molar refractivity (Wildman–Crippen MR) is 133 cm³/mol. The van der Waals surface area contributed by atoms with E-state index in [4.69, 9.17) is 0 Å². The van der Waals surface area contributed by atoms with Crippen LogP contribution in [0.15, 0.2) is 77.7 Å². The van der Waals surface area contributed by atoms with Gasteiger partial charge in [-0.25, -0.2) is 17.5 Å². The lowest BCUT2D eigenvalue weighted by atomic mass is 9.65. The molecule has 3 aromatic heterocycles. The number of aryl methyl sites for hydroxylation is 1. The van der Waals surface area contributed by atoms with Crippen molar-refractivity contribution in [3.05, 3.63) is 95.5 Å². The number of benzene rings is 1. The minimum Gasteiger partial charge on any atom is -0.291 e. The van der Waals surface area contributed by atoms with Gasteiger partial charge in [-0.2, -0.15) is 14.5 Å². The van der Waals surface area contributed by atoms with Crippen LogP contribution in [0.5, 0.6) is 0 Å². The molecule has 0 amide bonds. The number of halogens is 1. The average Bonchev–Trinajstić information content (AvgIpc) is 3.53. The summed E-state index contributed by atoms with van der Waals surface area (Å²) in [5, 5.41) is 8.56. The zero-order valence-corrected chi connectivity index (χ0v) is 20.8. The molecule has 4 heterocycles. The number of sulfonamides is 1. The van der Waals surface area contributed by atoms with Gasteiger partial charge in [-0.15, -0.1) is 0 Å². The number of ketones is 1. The SMILES string of the molecule is Cn1ccc(S(=O)(=O)N2CCC3=Cc4c(cnn4-c4ccc(F)cc4)C[C@]3(C(=O)c3ccccn3)C2)n1. The number of hydrogen-bond acceptors (Lipinski definition) is 6. The summed E-state index contributed by atoms with van der Waals surface area (Å²) in [6.45, 7) is 0.177. The lowest BCUT2D eigenvalue weighted by molar-refractivity contribution is 0.0770. The number of nitrogens with zero attached hydrogens (tertiary/aromatic N) is 6. The second-order valence-corrected chi connectivity index (χ2v) is 11.2. The fourth-order valence-electron chi connectivity index (χ4n) is 5.21. The van der Waals surface area contributed by atoms with Gasteiger partial charge >= 0.3 is 0 Å². The van der Waals surface area contributed by atoms with Crippen LogP contribution in [0, 0.1) is 11.2 Å². The average molecular weight is 519 g/mol. The third-order valence-corrected chi connectivity index (χ3v) is 8.82. The van der Waals surface area contributed by atoms with Gasteiger partial charge in [0.05, 0.1) is 23.0 Å². The minimum absolute atomic E-state index is 0.0334. The monoisotopic (exact) mass is 518 g/mol. The molecule has 0 bridgehead atoms. The van der Waals surface area contributed by atoms with Gasteiger partial charge in [-0.3, -0.25) is 14.5 Å². The number of pyridine rings is 1. The van der Waals surface area contributed by atoms with Crippen LogP contribution < -0.4 is 0 Å². The number of carbonyl (C=O) groups excluding carboxylic acids is 1. The van der Waals surface area contributed by atoms with Gasteiger partial charge < -0.3 is 0 Å². The van der Waals surface area contributed by atoms with Crippen LogP contribution in [0.25, 0.3) is 11.8 Å². The minimum atomic E-state index is -3.92. The van der Waals surface area contributed by atoms with Crippen LogP contribution in [0.1, 0.15) is 28.2 Å². The molecule has 11 heteroatoms. The Morgan fingerprint density at radius 1 is 1.11 bits per heavy atom. The summed E-state index contributed by atoms with van der Waals surface area (Å²) in [4.78, 5) is 18.4. The van der Waals surface area contributed by atoms with Crippen molar-refractivity contribution in [2.75, 3.05) is 13.1 Å². The molecule has 0 N–H and O–H groups in total. The Kier molecular flexibility index (Phi) is 5.42. The van der Waals surface area contributed by atoms with Crippen molar-refractivity contribution in [1.82, 2.24) is 28.9 Å². The van der Waals surface area contributed by atoms with E-state index >= 15 is 0 Å². The lowest BCUT2D eigenvalue weighted by Crippen LogP contribution is -2.53. The third-order valence-electron chi connectivity index (χ3n) is 7.08. The molecule has 2 aliphatic rings. The molecule has 1 aromatic carbocycles. The van der Waals surface area contributed by atoms with E-state index < -0.39 is 15.4 Å². The first kappa shape index (κ1) is 23.4. The summed E-state index contributed by atoms with van der Waals surface area (Å²) in [5.41, 5.74) is 2.25. The Balaban J connectivity index is 1.45. The molecule has 0 radical (unpaired) electrons. The van der Waals surface area contributed by atoms with E-state index in [0.29, 0.717) is 12.1 Å². The molecule has 1 aliphatic carbocycles. The number of rotatable bonds is 5. The van der Waals surface area contributed by atoms with Gasteiger partial charge in [0.15, 0.2) is 10.8 Å². The number of aromatic nitrogens is 5. The number of Topliss-reactive ketones (excluding diaryl/α,β-unsaturated/α-hetero) is 1. The first-order valence-electron chi connectivity index (χ1n) is 11.8. The van der Waals surface area contributed by atoms with E-state index in [-0.39, 0.29) is 41.8 Å². The van der Waals surface area contributed by atoms with Crippen LogP contribution in [-0.4, -0.2) is 56.1 Å². The quantitative estimate of drug-likeness (QED) is 0.376. The number of carbonyl (C=O) groups is 1. The maximum atomic E-state index is 14.1. The Hall–Kier alpha value is -3.96. The molecule has 188 valence electrons. The summed E-state index contributed by atoms with van der Waals surface area (Å²) >= 11 is 0. The van der Waals surface area contributed by atoms with Crippen molar-refractivity contribution in [3.63, 3.8) is 0 Å². The standard InChI is InChI=1S/C26H23FN6O3S/c1-31-12-10-24(30-31)37(35,36)32-13-9-19-14-23-18(16-29-33(23)21-7-5-20(27)6-8-21)15-26(19,17-32)25(34)22-4-2-3-11-28-22/h2-8,10-12,14,16H,9,13,15,17H2,1H3/t26-/m0/s1. The van der Waals surface area contributed by atoms with Gasteiger partial charge in [0, 0.05) is 32.5 Å². The van der Waals surface area contributed by atoms with Crippen LogP contribution in [0.3, 0.4) is 0 Å². The molecule has 0 spiro atoms. The van der Waals surface area contributed by atoms with Crippen LogP contribution in [0.2, 0.25) is 0 Å². The second-order valence-electron chi connectivity index (χ2n) is 9.33. The van der Waals surface area contributed by atoms with E-state index in [1.165, 1.54) is 27.2 Å². The molecule has 1 fully saturated rings. The largest absolute Gasteiger partial charge is 0.291 e. The molecule has 0 saturated carbocycles. The molecule has 1 atom stereocenters. The van der Waals surface area contributed by atoms with Gasteiger partial charge in [-0.1, -0.05) is 11.6 Å². The van der Waals surface area contributed by atoms with E-state index in [2.05, 4.69) is 15.2 Å². The Labute approximate surface area is 212 Å². The fraction of sp³-hybridized carbons (Fsp3) is 0.231. The second kappa shape index (κ2) is 8.56. The summed E-state index contributed by atoms with van der Waals surface area (Å²) < 4.78 is 45.0. The number of fused-ring (bicyclic) bond motifs is 2. The maximum Gasteiger partial charge on any atom is 0.262 e. The molecule has 9 nitrogen and oxygen atoms in total. The molecule has 1 aliphatic heterocycles. The maximum absolute atomic E-state index is 14.1. The normalized spacial score (nSPS) is 19.7. The van der Waals surface area contributed by atoms with Crippen LogP contribution in [-0.2, 0) is 23.5 Å². The molecular formula is C26H23FN6O3S. The van der Waals surface area contributed by atoms with Crippen molar-refractivity contribution in [2.24, 2.45) is 12.5 Å². The molecule has 1 saturated heterocycles. The first-order chi connectivity index (χ1) is 17.8. The smallest absolute Gasteiger partial charge is 0.262 e. The van der Waals surface area contributed by atoms with E-state index in [1.54, 1.807) is 60.7 Å². The van der Waals surface area contributed by atoms with Gasteiger partial charge in [-0.05, 0) is 66.9 Å². The van der Waals surface area contributed by atoms with Crippen molar-refractivity contribution in [2.45, 2.75) is 17.9 Å². The lowest BCUT2D eigenvalue weighted by Gasteiger charge is -2.44. The highest BCUT2D eigenvalue weighted by atomic mass is 32.2. The van der Waals surface area contributed by atoms with E-state index in [0.717, 1.165) is 16.8 Å². The summed E-state index contributed by atoms with van der Waals surface area (Å²) in [7, 11) is -2.26. The molecule has 0 unspecified atom stereocenters. The zero-order chi connectivity index (χ0) is 25.8. The van der Waals surface area contributed by atoms with Crippen LogP contribution >= 0.6 is 0 Å². The van der Waals surface area contributed by atoms with Gasteiger partial charge in [0.1, 0.15) is 11.5 Å². The first-order valence-corrected chi connectivity index (χ1v) is 13.2. The number of piperidine rings is 1. The van der Waals surface area contributed by atoms with Crippen LogP contribution in [0.4, 0.5) is 4.39 Å². The molecule has 4 aromatic rings. The fourth-order valence-corrected chi connectivity index (χ4v) is 6.67. The van der Waals surface area contributed by atoms with Crippen molar-refractivity contribution < 1.29 is 17.6 Å². The highest BCUT2D eigenvalue weighted by Gasteiger charge is 2.51. The Morgan fingerprint density at radius 2 is 1.92 bits per heavy atom. The summed E-state index contributed by atoms with van der Waals surface area (Å²) in [6, 6.07) is 12.6. The van der Waals surface area contributed by atoms with Crippen molar-refractivity contribution in [1.29, 1.82) is 0 Å². The van der Waals surface area contributed by atoms with Crippen molar-refractivity contribution in [3.8, 4) is 5.69 Å². The topological polar surface area (TPSA) is 103 Å². The van der Waals surface area contributed by atoms with Gasteiger partial charge in [0.25, 0.3) is 10.0 Å². The third kappa shape index (κ3) is 3.82. The highest BCUT2D eigenvalue weighted by molar-refractivity contribution is 7.89. The zero-order valence-electron chi connectivity index (χ0n) is 20.0. The Morgan fingerprint density at radius 3 is 2.62 bits per heavy atom. The van der Waals surface area contributed by atoms with Gasteiger partial charge in [0.2, 0.25) is 0 Å². The summed E-state index contributed by atoms with van der Waals surface area (Å²) in [6.07, 6.45) is 7.37. The van der Waals surface area contributed by atoms with E-state index in [1.807, 2.05) is 6.08 Å². The molecular weight excluding hydrogens is 495 g/mol.